The summed E-state index contributed by atoms with van der Waals surface area (Å²) in [6.07, 6.45) is 0. The van der Waals surface area contributed by atoms with Crippen molar-refractivity contribution in [3.63, 3.8) is 0 Å². The summed E-state index contributed by atoms with van der Waals surface area (Å²) in [7, 11) is 1.37. The monoisotopic (exact) mass is 252 g/mol. The third-order valence-corrected chi connectivity index (χ3v) is 2.82. The number of amides is 3. The van der Waals surface area contributed by atoms with Gasteiger partial charge < -0.3 is 5.32 Å². The van der Waals surface area contributed by atoms with Crippen LogP contribution in [0.4, 0.5) is 5.69 Å². The average molecular weight is 253 g/mol. The predicted octanol–water partition coefficient (Wildman–Crippen LogP) is 1.52. The molecule has 17 heavy (non-hydrogen) atoms. The van der Waals surface area contributed by atoms with Crippen molar-refractivity contribution in [2.24, 2.45) is 0 Å². The van der Waals surface area contributed by atoms with Crippen LogP contribution in [0.2, 0.25) is 5.02 Å². The molecule has 1 aliphatic heterocycles. The van der Waals surface area contributed by atoms with Crippen LogP contribution in [0.5, 0.6) is 0 Å². The molecule has 1 aromatic carbocycles. The van der Waals surface area contributed by atoms with E-state index in [-0.39, 0.29) is 22.1 Å². The quantitative estimate of drug-likeness (QED) is 0.771. The Morgan fingerprint density at radius 2 is 1.82 bits per heavy atom. The van der Waals surface area contributed by atoms with Crippen LogP contribution in [-0.2, 0) is 4.79 Å². The van der Waals surface area contributed by atoms with Crippen LogP contribution in [0.15, 0.2) is 12.1 Å². The minimum Gasteiger partial charge on any atom is -0.326 e. The summed E-state index contributed by atoms with van der Waals surface area (Å²) in [5, 5.41) is 2.71. The van der Waals surface area contributed by atoms with Crippen LogP contribution in [0, 0.1) is 0 Å². The normalized spacial score (nSPS) is 13.9. The minimum absolute atomic E-state index is 0.144. The van der Waals surface area contributed by atoms with E-state index in [0.717, 1.165) is 4.90 Å². The standard InChI is InChI=1S/C11H9ClN2O3/c1-5(15)13-7-4-3-6(12)8-9(7)11(17)14(2)10(8)16/h3-4H,1-2H3,(H,13,15). The molecule has 1 aromatic rings. The number of nitrogens with one attached hydrogen (secondary N) is 1. The molecular formula is C11H9ClN2O3. The first-order valence-electron chi connectivity index (χ1n) is 4.86. The highest BCUT2D eigenvalue weighted by atomic mass is 35.5. The smallest absolute Gasteiger partial charge is 0.263 e. The van der Waals surface area contributed by atoms with Gasteiger partial charge in [-0.2, -0.15) is 0 Å². The maximum Gasteiger partial charge on any atom is 0.263 e. The molecule has 1 aliphatic rings. The second kappa shape index (κ2) is 3.85. The number of fused-ring (bicyclic) bond motifs is 1. The largest absolute Gasteiger partial charge is 0.326 e. The lowest BCUT2D eigenvalue weighted by molar-refractivity contribution is -0.114. The van der Waals surface area contributed by atoms with Gasteiger partial charge in [0, 0.05) is 14.0 Å². The third kappa shape index (κ3) is 1.68. The summed E-state index contributed by atoms with van der Waals surface area (Å²) in [6.45, 7) is 1.33. The molecule has 1 N–H and O–H groups in total. The summed E-state index contributed by atoms with van der Waals surface area (Å²) in [5.41, 5.74) is 0.602. The highest BCUT2D eigenvalue weighted by Gasteiger charge is 2.37. The zero-order valence-electron chi connectivity index (χ0n) is 9.20. The number of rotatable bonds is 1. The van der Waals surface area contributed by atoms with Crippen molar-refractivity contribution in [2.75, 3.05) is 12.4 Å². The van der Waals surface area contributed by atoms with Gasteiger partial charge in [0.25, 0.3) is 11.8 Å². The van der Waals surface area contributed by atoms with Gasteiger partial charge in [-0.05, 0) is 12.1 Å². The van der Waals surface area contributed by atoms with E-state index in [1.165, 1.54) is 26.1 Å². The van der Waals surface area contributed by atoms with Crippen LogP contribution >= 0.6 is 11.6 Å². The maximum absolute atomic E-state index is 11.9. The molecule has 0 bridgehead atoms. The van der Waals surface area contributed by atoms with Gasteiger partial charge >= 0.3 is 0 Å². The van der Waals surface area contributed by atoms with Crippen LogP contribution in [0.1, 0.15) is 27.6 Å². The molecule has 0 saturated heterocycles. The van der Waals surface area contributed by atoms with Gasteiger partial charge in [0.2, 0.25) is 5.91 Å². The second-order valence-electron chi connectivity index (χ2n) is 3.70. The molecule has 2 rings (SSSR count). The molecule has 6 heteroatoms. The molecule has 0 radical (unpaired) electrons. The summed E-state index contributed by atoms with van der Waals surface area (Å²) in [5.74, 6) is -1.23. The topological polar surface area (TPSA) is 66.5 Å². The fourth-order valence-electron chi connectivity index (χ4n) is 1.73. The van der Waals surface area contributed by atoms with E-state index in [4.69, 9.17) is 11.6 Å². The van der Waals surface area contributed by atoms with Crippen molar-refractivity contribution in [3.8, 4) is 0 Å². The number of carbonyl (C=O) groups excluding carboxylic acids is 3. The van der Waals surface area contributed by atoms with Gasteiger partial charge in [0.1, 0.15) is 0 Å². The lowest BCUT2D eigenvalue weighted by Gasteiger charge is -2.07. The average Bonchev–Trinajstić information content (AvgIpc) is 2.48. The summed E-state index contributed by atoms with van der Waals surface area (Å²) in [4.78, 5) is 35.6. The first-order chi connectivity index (χ1) is 7.93. The Balaban J connectivity index is 2.66. The Bertz CT molecular complexity index is 554. The van der Waals surface area contributed by atoms with E-state index >= 15 is 0 Å². The zero-order chi connectivity index (χ0) is 12.7. The van der Waals surface area contributed by atoms with Gasteiger partial charge in [0.05, 0.1) is 21.8 Å². The lowest BCUT2D eigenvalue weighted by atomic mass is 10.1. The van der Waals surface area contributed by atoms with Crippen molar-refractivity contribution >= 4 is 35.0 Å². The first-order valence-corrected chi connectivity index (χ1v) is 5.23. The fraction of sp³-hybridized carbons (Fsp3) is 0.182. The van der Waals surface area contributed by atoms with E-state index in [9.17, 15) is 14.4 Å². The Labute approximate surface area is 102 Å². The summed E-state index contributed by atoms with van der Waals surface area (Å²) >= 11 is 5.89. The second-order valence-corrected chi connectivity index (χ2v) is 4.10. The van der Waals surface area contributed by atoms with Crippen molar-refractivity contribution in [3.05, 3.63) is 28.3 Å². The van der Waals surface area contributed by atoms with Crippen molar-refractivity contribution < 1.29 is 14.4 Å². The van der Waals surface area contributed by atoms with Crippen molar-refractivity contribution in [1.29, 1.82) is 0 Å². The molecule has 0 fully saturated rings. The number of anilines is 1. The molecule has 0 unspecified atom stereocenters. The molecule has 1 heterocycles. The van der Waals surface area contributed by atoms with Crippen LogP contribution in [0.25, 0.3) is 0 Å². The molecular weight excluding hydrogens is 244 g/mol. The number of hydrogen-bond acceptors (Lipinski definition) is 3. The molecule has 88 valence electrons. The molecule has 3 amide bonds. The van der Waals surface area contributed by atoms with Crippen molar-refractivity contribution in [1.82, 2.24) is 4.90 Å². The van der Waals surface area contributed by atoms with E-state index in [2.05, 4.69) is 5.32 Å². The van der Waals surface area contributed by atoms with Crippen molar-refractivity contribution in [2.45, 2.75) is 6.92 Å². The van der Waals surface area contributed by atoms with E-state index in [1.807, 2.05) is 0 Å². The fourth-order valence-corrected chi connectivity index (χ4v) is 1.97. The number of hydrogen-bond donors (Lipinski definition) is 1. The Hall–Kier alpha value is -1.88. The highest BCUT2D eigenvalue weighted by molar-refractivity contribution is 6.38. The van der Waals surface area contributed by atoms with Gasteiger partial charge in [-0.15, -0.1) is 0 Å². The Morgan fingerprint density at radius 3 is 2.41 bits per heavy atom. The molecule has 0 spiro atoms. The van der Waals surface area contributed by atoms with Crippen LogP contribution in [0.3, 0.4) is 0 Å². The van der Waals surface area contributed by atoms with E-state index < -0.39 is 11.8 Å². The zero-order valence-corrected chi connectivity index (χ0v) is 9.96. The first kappa shape index (κ1) is 11.6. The lowest BCUT2D eigenvalue weighted by Crippen LogP contribution is -2.24. The van der Waals surface area contributed by atoms with Gasteiger partial charge in [-0.1, -0.05) is 11.6 Å². The van der Waals surface area contributed by atoms with Crippen LogP contribution < -0.4 is 5.32 Å². The van der Waals surface area contributed by atoms with E-state index in [0.29, 0.717) is 5.69 Å². The molecule has 0 atom stereocenters. The van der Waals surface area contributed by atoms with Gasteiger partial charge in [-0.3, -0.25) is 19.3 Å². The number of benzene rings is 1. The molecule has 5 nitrogen and oxygen atoms in total. The number of imide groups is 1. The summed E-state index contributed by atoms with van der Waals surface area (Å²) in [6, 6.07) is 2.99. The van der Waals surface area contributed by atoms with Gasteiger partial charge in [0.15, 0.2) is 0 Å². The van der Waals surface area contributed by atoms with Gasteiger partial charge in [-0.25, -0.2) is 0 Å². The maximum atomic E-state index is 11.9. The predicted molar refractivity (Wildman–Crippen MR) is 62.2 cm³/mol. The minimum atomic E-state index is -0.462. The molecule has 0 aromatic heterocycles. The number of nitrogens with zero attached hydrogens (tertiary/aromatic N) is 1. The Kier molecular flexibility index (Phi) is 2.63. The number of halogens is 1. The van der Waals surface area contributed by atoms with Crippen LogP contribution in [-0.4, -0.2) is 29.7 Å². The number of carbonyl (C=O) groups is 3. The highest BCUT2D eigenvalue weighted by Crippen LogP contribution is 2.33. The summed E-state index contributed by atoms with van der Waals surface area (Å²) < 4.78 is 0. The molecule has 0 aliphatic carbocycles. The molecule has 0 saturated carbocycles. The SMILES string of the molecule is CC(=O)Nc1ccc(Cl)c2c1C(=O)N(C)C2=O. The van der Waals surface area contributed by atoms with E-state index in [1.54, 1.807) is 0 Å². The third-order valence-electron chi connectivity index (χ3n) is 2.50. The Morgan fingerprint density at radius 1 is 1.24 bits per heavy atom.